The lowest BCUT2D eigenvalue weighted by molar-refractivity contribution is -0.136. The highest BCUT2D eigenvalue weighted by molar-refractivity contribution is 5.79. The average molecular weight is 360 g/mol. The third kappa shape index (κ3) is 3.95. The second-order valence-corrected chi connectivity index (χ2v) is 5.94. The summed E-state index contributed by atoms with van der Waals surface area (Å²) in [5.41, 5.74) is 2.93. The van der Waals surface area contributed by atoms with E-state index in [1.165, 1.54) is 0 Å². The summed E-state index contributed by atoms with van der Waals surface area (Å²) in [6, 6.07) is 18.0. The summed E-state index contributed by atoms with van der Waals surface area (Å²) in [6.07, 6.45) is 1.67. The molecule has 0 saturated carbocycles. The summed E-state index contributed by atoms with van der Waals surface area (Å²) in [5.74, 6) is 0.892. The number of hydrogen-bond acceptors (Lipinski definition) is 6. The number of rotatable bonds is 5. The van der Waals surface area contributed by atoms with Gasteiger partial charge in [0.2, 0.25) is 5.89 Å². The lowest BCUT2D eigenvalue weighted by Crippen LogP contribution is -2.17. The van der Waals surface area contributed by atoms with Crippen LogP contribution in [-0.2, 0) is 4.79 Å². The second-order valence-electron chi connectivity index (χ2n) is 5.94. The number of carbonyl (C=O) groups is 1. The van der Waals surface area contributed by atoms with Crippen LogP contribution in [0, 0.1) is 6.92 Å². The highest BCUT2D eigenvalue weighted by atomic mass is 16.6. The number of benzene rings is 2. The zero-order valence-electron chi connectivity index (χ0n) is 14.6. The van der Waals surface area contributed by atoms with E-state index in [0.29, 0.717) is 34.2 Å². The molecule has 0 spiro atoms. The molecular weight excluding hydrogens is 344 g/mol. The molecule has 0 N–H and O–H groups in total. The Labute approximate surface area is 155 Å². The predicted octanol–water partition coefficient (Wildman–Crippen LogP) is 4.18. The largest absolute Gasteiger partial charge is 0.482 e. The first-order chi connectivity index (χ1) is 13.2. The first kappa shape index (κ1) is 16.8. The van der Waals surface area contributed by atoms with Crippen LogP contribution in [0.15, 0.2) is 71.3 Å². The van der Waals surface area contributed by atoms with Crippen molar-refractivity contribution in [2.45, 2.75) is 6.92 Å². The van der Waals surface area contributed by atoms with Gasteiger partial charge >= 0.3 is 5.97 Å². The monoisotopic (exact) mass is 360 g/mol. The Morgan fingerprint density at radius 2 is 1.85 bits per heavy atom. The standard InChI is InChI=1S/C21H16N2O4/c1-14-5-7-15(8-6-14)25-13-20(24)26-16-9-10-17-19(12-16)27-21(23-17)18-4-2-3-11-22-18/h2-12H,13H2,1H3. The van der Waals surface area contributed by atoms with Crippen LogP contribution in [0.4, 0.5) is 0 Å². The lowest BCUT2D eigenvalue weighted by Gasteiger charge is -2.06. The lowest BCUT2D eigenvalue weighted by atomic mass is 10.2. The van der Waals surface area contributed by atoms with Gasteiger partial charge in [0.1, 0.15) is 22.7 Å². The Morgan fingerprint density at radius 3 is 2.63 bits per heavy atom. The topological polar surface area (TPSA) is 74.5 Å². The second kappa shape index (κ2) is 7.29. The van der Waals surface area contributed by atoms with Crippen molar-refractivity contribution in [2.75, 3.05) is 6.61 Å². The molecule has 0 atom stereocenters. The third-order valence-corrected chi connectivity index (χ3v) is 3.85. The normalized spacial score (nSPS) is 10.7. The van der Waals surface area contributed by atoms with Crippen LogP contribution < -0.4 is 9.47 Å². The number of hydrogen-bond donors (Lipinski definition) is 0. The molecule has 0 fully saturated rings. The van der Waals surface area contributed by atoms with Gasteiger partial charge in [0.25, 0.3) is 0 Å². The van der Waals surface area contributed by atoms with Crippen molar-refractivity contribution in [2.24, 2.45) is 0 Å². The van der Waals surface area contributed by atoms with Gasteiger partial charge in [-0.3, -0.25) is 4.98 Å². The van der Waals surface area contributed by atoms with Crippen molar-refractivity contribution >= 4 is 17.1 Å². The maximum absolute atomic E-state index is 12.0. The SMILES string of the molecule is Cc1ccc(OCC(=O)Oc2ccc3nc(-c4ccccn4)oc3c2)cc1. The number of fused-ring (bicyclic) bond motifs is 1. The average Bonchev–Trinajstić information content (AvgIpc) is 3.12. The van der Waals surface area contributed by atoms with Crippen LogP contribution in [0.1, 0.15) is 5.56 Å². The van der Waals surface area contributed by atoms with Crippen LogP contribution in [0.3, 0.4) is 0 Å². The Morgan fingerprint density at radius 1 is 1.04 bits per heavy atom. The Balaban J connectivity index is 1.44. The maximum Gasteiger partial charge on any atom is 0.349 e. The van der Waals surface area contributed by atoms with Gasteiger partial charge in [0.15, 0.2) is 12.2 Å². The number of oxazole rings is 1. The fourth-order valence-electron chi connectivity index (χ4n) is 2.50. The van der Waals surface area contributed by atoms with Gasteiger partial charge in [-0.05, 0) is 43.3 Å². The van der Waals surface area contributed by atoms with Gasteiger partial charge in [-0.2, -0.15) is 0 Å². The molecule has 0 aliphatic carbocycles. The van der Waals surface area contributed by atoms with Gasteiger partial charge in [0.05, 0.1) is 0 Å². The summed E-state index contributed by atoms with van der Waals surface area (Å²) in [7, 11) is 0. The molecule has 0 saturated heterocycles. The Kier molecular flexibility index (Phi) is 4.53. The van der Waals surface area contributed by atoms with E-state index in [0.717, 1.165) is 5.56 Å². The molecule has 2 heterocycles. The molecule has 0 unspecified atom stereocenters. The maximum atomic E-state index is 12.0. The van der Waals surface area contributed by atoms with Crippen LogP contribution in [0.5, 0.6) is 11.5 Å². The van der Waals surface area contributed by atoms with E-state index >= 15 is 0 Å². The van der Waals surface area contributed by atoms with Crippen LogP contribution in [0.25, 0.3) is 22.7 Å². The van der Waals surface area contributed by atoms with E-state index in [1.54, 1.807) is 24.4 Å². The number of aryl methyl sites for hydroxylation is 1. The molecule has 6 heteroatoms. The fraction of sp³-hybridized carbons (Fsp3) is 0.0952. The minimum Gasteiger partial charge on any atom is -0.482 e. The minimum atomic E-state index is -0.501. The summed E-state index contributed by atoms with van der Waals surface area (Å²) in [6.45, 7) is 1.80. The van der Waals surface area contributed by atoms with Crippen molar-refractivity contribution < 1.29 is 18.7 Å². The van der Waals surface area contributed by atoms with Crippen molar-refractivity contribution in [3.63, 3.8) is 0 Å². The molecule has 4 rings (SSSR count). The number of nitrogens with zero attached hydrogens (tertiary/aromatic N) is 2. The molecule has 6 nitrogen and oxygen atoms in total. The number of carbonyl (C=O) groups excluding carboxylic acids is 1. The third-order valence-electron chi connectivity index (χ3n) is 3.85. The van der Waals surface area contributed by atoms with Crippen molar-refractivity contribution in [1.82, 2.24) is 9.97 Å². The fourth-order valence-corrected chi connectivity index (χ4v) is 2.50. The minimum absolute atomic E-state index is 0.184. The Bertz CT molecular complexity index is 1070. The molecule has 2 aromatic carbocycles. The predicted molar refractivity (Wildman–Crippen MR) is 99.5 cm³/mol. The van der Waals surface area contributed by atoms with E-state index in [9.17, 15) is 4.79 Å². The molecule has 27 heavy (non-hydrogen) atoms. The van der Waals surface area contributed by atoms with Gasteiger partial charge < -0.3 is 13.9 Å². The highest BCUT2D eigenvalue weighted by Gasteiger charge is 2.12. The van der Waals surface area contributed by atoms with Gasteiger partial charge in [0, 0.05) is 12.3 Å². The van der Waals surface area contributed by atoms with E-state index in [-0.39, 0.29) is 6.61 Å². The zero-order valence-corrected chi connectivity index (χ0v) is 14.6. The quantitative estimate of drug-likeness (QED) is 0.393. The molecule has 0 aliphatic heterocycles. The smallest absolute Gasteiger partial charge is 0.349 e. The van der Waals surface area contributed by atoms with Crippen molar-refractivity contribution in [1.29, 1.82) is 0 Å². The molecule has 0 aliphatic rings. The number of aromatic nitrogens is 2. The molecule has 134 valence electrons. The van der Waals surface area contributed by atoms with Gasteiger partial charge in [-0.25, -0.2) is 9.78 Å². The van der Waals surface area contributed by atoms with E-state index in [1.807, 2.05) is 49.4 Å². The van der Waals surface area contributed by atoms with Crippen molar-refractivity contribution in [3.05, 3.63) is 72.4 Å². The first-order valence-electron chi connectivity index (χ1n) is 8.39. The van der Waals surface area contributed by atoms with Crippen LogP contribution >= 0.6 is 0 Å². The molecule has 0 radical (unpaired) electrons. The summed E-state index contributed by atoms with van der Waals surface area (Å²) < 4.78 is 16.5. The van der Waals surface area contributed by atoms with Crippen molar-refractivity contribution in [3.8, 4) is 23.1 Å². The zero-order chi connectivity index (χ0) is 18.6. The van der Waals surface area contributed by atoms with Crippen LogP contribution in [0.2, 0.25) is 0 Å². The Hall–Kier alpha value is -3.67. The molecule has 0 amide bonds. The molecule has 4 aromatic rings. The number of ether oxygens (including phenoxy) is 2. The molecular formula is C21H16N2O4. The highest BCUT2D eigenvalue weighted by Crippen LogP contribution is 2.26. The van der Waals surface area contributed by atoms with E-state index in [4.69, 9.17) is 13.9 Å². The molecule has 0 bridgehead atoms. The summed E-state index contributed by atoms with van der Waals surface area (Å²) >= 11 is 0. The van der Waals surface area contributed by atoms with Gasteiger partial charge in [-0.1, -0.05) is 23.8 Å². The van der Waals surface area contributed by atoms with E-state index in [2.05, 4.69) is 9.97 Å². The summed E-state index contributed by atoms with van der Waals surface area (Å²) in [5, 5.41) is 0. The number of esters is 1. The van der Waals surface area contributed by atoms with Crippen LogP contribution in [-0.4, -0.2) is 22.5 Å². The first-order valence-corrected chi connectivity index (χ1v) is 8.39. The summed E-state index contributed by atoms with van der Waals surface area (Å²) in [4.78, 5) is 20.6. The van der Waals surface area contributed by atoms with E-state index < -0.39 is 5.97 Å². The van der Waals surface area contributed by atoms with Gasteiger partial charge in [-0.15, -0.1) is 0 Å². The molecule has 2 aromatic heterocycles. The number of pyridine rings is 1.